The largest absolute Gasteiger partial charge is 0.416 e. The molecule has 8 heteroatoms. The van der Waals surface area contributed by atoms with Gasteiger partial charge < -0.3 is 5.32 Å². The van der Waals surface area contributed by atoms with Crippen LogP contribution in [0.25, 0.3) is 0 Å². The van der Waals surface area contributed by atoms with Crippen molar-refractivity contribution in [3.63, 3.8) is 0 Å². The molecule has 24 heavy (non-hydrogen) atoms. The van der Waals surface area contributed by atoms with E-state index in [0.717, 1.165) is 42.7 Å². The summed E-state index contributed by atoms with van der Waals surface area (Å²) in [5.41, 5.74) is 0.723. The van der Waals surface area contributed by atoms with Crippen LogP contribution in [0.2, 0.25) is 0 Å². The smallest absolute Gasteiger partial charge is 0.384 e. The fourth-order valence-corrected chi connectivity index (χ4v) is 3.93. The van der Waals surface area contributed by atoms with Gasteiger partial charge in [0.05, 0.1) is 11.3 Å². The van der Waals surface area contributed by atoms with Crippen LogP contribution in [-0.4, -0.2) is 15.0 Å². The van der Waals surface area contributed by atoms with Gasteiger partial charge in [-0.15, -0.1) is 0 Å². The minimum atomic E-state index is -4.46. The van der Waals surface area contributed by atoms with Crippen molar-refractivity contribution in [3.05, 3.63) is 53.6 Å². The number of hydrogen-bond acceptors (Lipinski definition) is 3. The Kier molecular flexibility index (Phi) is 4.16. The molecular weight excluding hydrogens is 341 g/mol. The third kappa shape index (κ3) is 3.33. The Morgan fingerprint density at radius 1 is 1.04 bits per heavy atom. The van der Waals surface area contributed by atoms with Gasteiger partial charge in [0, 0.05) is 12.2 Å². The molecule has 0 unspecified atom stereocenters. The van der Waals surface area contributed by atoms with Gasteiger partial charge in [0.1, 0.15) is 4.90 Å². The maximum Gasteiger partial charge on any atom is 0.416 e. The predicted molar refractivity (Wildman–Crippen MR) is 85.5 cm³/mol. The van der Waals surface area contributed by atoms with E-state index in [-0.39, 0.29) is 10.6 Å². The molecule has 3 rings (SSSR count). The van der Waals surface area contributed by atoms with Crippen LogP contribution in [0.1, 0.15) is 17.5 Å². The summed E-state index contributed by atoms with van der Waals surface area (Å²) in [6, 6.07) is 8.88. The van der Waals surface area contributed by atoms with Crippen LogP contribution in [-0.2, 0) is 22.6 Å². The standard InChI is InChI=1S/C16H15F3N2O2S/c17-16(18,19)12-6-8-13(9-7-12)21-24(22,23)14-5-1-3-11-4-2-10-20-15(11)14/h1,3,5-9,20-21H,2,4,10H2. The van der Waals surface area contributed by atoms with Gasteiger partial charge in [-0.2, -0.15) is 13.2 Å². The topological polar surface area (TPSA) is 58.2 Å². The molecule has 0 aliphatic carbocycles. The third-order valence-electron chi connectivity index (χ3n) is 3.79. The van der Waals surface area contributed by atoms with Crippen molar-refractivity contribution in [3.8, 4) is 0 Å². The second kappa shape index (κ2) is 6.01. The van der Waals surface area contributed by atoms with Gasteiger partial charge in [-0.3, -0.25) is 4.72 Å². The van der Waals surface area contributed by atoms with E-state index < -0.39 is 21.8 Å². The fourth-order valence-electron chi connectivity index (χ4n) is 2.64. The molecule has 1 heterocycles. The van der Waals surface area contributed by atoms with Crippen molar-refractivity contribution < 1.29 is 21.6 Å². The molecule has 128 valence electrons. The molecule has 0 saturated carbocycles. The van der Waals surface area contributed by atoms with Gasteiger partial charge in [-0.25, -0.2) is 8.42 Å². The van der Waals surface area contributed by atoms with E-state index in [0.29, 0.717) is 12.2 Å². The Morgan fingerprint density at radius 3 is 2.42 bits per heavy atom. The summed E-state index contributed by atoms with van der Waals surface area (Å²) in [6.45, 7) is 0.680. The number of anilines is 2. The number of nitrogens with one attached hydrogen (secondary N) is 2. The Hall–Kier alpha value is -2.22. The molecule has 1 aliphatic rings. The monoisotopic (exact) mass is 356 g/mol. The molecule has 4 nitrogen and oxygen atoms in total. The number of para-hydroxylation sites is 1. The summed E-state index contributed by atoms with van der Waals surface area (Å²) in [5, 5.41) is 3.08. The average Bonchev–Trinajstić information content (AvgIpc) is 2.53. The lowest BCUT2D eigenvalue weighted by atomic mass is 10.0. The van der Waals surface area contributed by atoms with Crippen LogP contribution in [0, 0.1) is 0 Å². The Bertz CT molecular complexity index is 847. The van der Waals surface area contributed by atoms with Crippen molar-refractivity contribution in [2.24, 2.45) is 0 Å². The number of aryl methyl sites for hydroxylation is 1. The quantitative estimate of drug-likeness (QED) is 0.878. The fraction of sp³-hybridized carbons (Fsp3) is 0.250. The van der Waals surface area contributed by atoms with Crippen LogP contribution in [0.3, 0.4) is 0 Å². The SMILES string of the molecule is O=S(=O)(Nc1ccc(C(F)(F)F)cc1)c1cccc2c1NCCC2. The van der Waals surface area contributed by atoms with Gasteiger partial charge in [0.2, 0.25) is 0 Å². The first-order valence-corrected chi connectivity index (χ1v) is 8.81. The predicted octanol–water partition coefficient (Wildman–Crippen LogP) is 3.86. The van der Waals surface area contributed by atoms with Crippen molar-refractivity contribution in [2.45, 2.75) is 23.9 Å². The molecule has 1 aliphatic heterocycles. The van der Waals surface area contributed by atoms with Gasteiger partial charge in [-0.05, 0) is 48.7 Å². The molecule has 0 radical (unpaired) electrons. The summed E-state index contributed by atoms with van der Waals surface area (Å²) < 4.78 is 65.2. The van der Waals surface area contributed by atoms with Gasteiger partial charge in [-0.1, -0.05) is 12.1 Å². The molecule has 0 aromatic heterocycles. The van der Waals surface area contributed by atoms with E-state index in [1.165, 1.54) is 6.07 Å². The van der Waals surface area contributed by atoms with E-state index in [9.17, 15) is 21.6 Å². The zero-order valence-electron chi connectivity index (χ0n) is 12.5. The second-order valence-corrected chi connectivity index (χ2v) is 7.15. The highest BCUT2D eigenvalue weighted by Gasteiger charge is 2.30. The molecule has 0 fully saturated rings. The Labute approximate surface area is 137 Å². The zero-order chi connectivity index (χ0) is 17.4. The molecule has 2 N–H and O–H groups in total. The van der Waals surface area contributed by atoms with Crippen LogP contribution < -0.4 is 10.0 Å². The van der Waals surface area contributed by atoms with Crippen molar-refractivity contribution in [1.29, 1.82) is 0 Å². The average molecular weight is 356 g/mol. The minimum absolute atomic E-state index is 0.0800. The number of rotatable bonds is 3. The minimum Gasteiger partial charge on any atom is -0.384 e. The van der Waals surface area contributed by atoms with E-state index in [2.05, 4.69) is 10.0 Å². The number of hydrogen-bond donors (Lipinski definition) is 2. The highest BCUT2D eigenvalue weighted by molar-refractivity contribution is 7.92. The Morgan fingerprint density at radius 2 is 1.75 bits per heavy atom. The van der Waals surface area contributed by atoms with Gasteiger partial charge in [0.25, 0.3) is 10.0 Å². The van der Waals surface area contributed by atoms with Crippen LogP contribution >= 0.6 is 0 Å². The van der Waals surface area contributed by atoms with Crippen molar-refractivity contribution >= 4 is 21.4 Å². The second-order valence-electron chi connectivity index (χ2n) is 5.50. The maximum absolute atomic E-state index is 12.6. The molecule has 2 aromatic carbocycles. The van der Waals surface area contributed by atoms with Gasteiger partial charge >= 0.3 is 6.18 Å². The highest BCUT2D eigenvalue weighted by Crippen LogP contribution is 2.32. The third-order valence-corrected chi connectivity index (χ3v) is 5.21. The Balaban J connectivity index is 1.90. The molecular formula is C16H15F3N2O2S. The first-order chi connectivity index (χ1) is 11.3. The lowest BCUT2D eigenvalue weighted by Crippen LogP contribution is -2.19. The summed E-state index contributed by atoms with van der Waals surface area (Å²) in [6.07, 6.45) is -2.76. The molecule has 0 spiro atoms. The lowest BCUT2D eigenvalue weighted by Gasteiger charge is -2.21. The van der Waals surface area contributed by atoms with Crippen LogP contribution in [0.5, 0.6) is 0 Å². The summed E-state index contributed by atoms with van der Waals surface area (Å²) in [4.78, 5) is 0.0968. The van der Waals surface area contributed by atoms with Crippen LogP contribution in [0.4, 0.5) is 24.5 Å². The van der Waals surface area contributed by atoms with E-state index >= 15 is 0 Å². The normalized spacial score (nSPS) is 14.6. The molecule has 0 bridgehead atoms. The number of sulfonamides is 1. The summed E-state index contributed by atoms with van der Waals surface area (Å²) in [7, 11) is -3.90. The molecule has 0 amide bonds. The number of benzene rings is 2. The van der Waals surface area contributed by atoms with Crippen molar-refractivity contribution in [1.82, 2.24) is 0 Å². The van der Waals surface area contributed by atoms with Crippen molar-refractivity contribution in [2.75, 3.05) is 16.6 Å². The maximum atomic E-state index is 12.6. The van der Waals surface area contributed by atoms with Crippen LogP contribution in [0.15, 0.2) is 47.4 Å². The number of alkyl halides is 3. The van der Waals surface area contributed by atoms with Gasteiger partial charge in [0.15, 0.2) is 0 Å². The highest BCUT2D eigenvalue weighted by atomic mass is 32.2. The molecule has 0 atom stereocenters. The van der Waals surface area contributed by atoms with E-state index in [1.54, 1.807) is 6.07 Å². The molecule has 2 aromatic rings. The first kappa shape index (κ1) is 16.6. The van der Waals surface area contributed by atoms with E-state index in [4.69, 9.17) is 0 Å². The first-order valence-electron chi connectivity index (χ1n) is 7.33. The number of halogens is 3. The van der Waals surface area contributed by atoms with E-state index in [1.807, 2.05) is 6.07 Å². The number of fused-ring (bicyclic) bond motifs is 1. The summed E-state index contributed by atoms with van der Waals surface area (Å²) >= 11 is 0. The molecule has 0 saturated heterocycles. The zero-order valence-corrected chi connectivity index (χ0v) is 13.3. The summed E-state index contributed by atoms with van der Waals surface area (Å²) in [5.74, 6) is 0. The lowest BCUT2D eigenvalue weighted by molar-refractivity contribution is -0.137.